The molecule has 11 nitrogen and oxygen atoms in total. The molecule has 2 heterocycles. The van der Waals surface area contributed by atoms with E-state index in [-0.39, 0.29) is 10.5 Å². The molecule has 6 unspecified atom stereocenters. The quantitative estimate of drug-likeness (QED) is 0.232. The van der Waals surface area contributed by atoms with Crippen LogP contribution in [0.15, 0.2) is 47.4 Å². The molecule has 1 aliphatic heterocycles. The van der Waals surface area contributed by atoms with E-state index in [1.165, 1.54) is 36.7 Å². The van der Waals surface area contributed by atoms with Gasteiger partial charge in [-0.1, -0.05) is 18.2 Å². The van der Waals surface area contributed by atoms with Gasteiger partial charge in [-0.2, -0.15) is 5.09 Å². The molecule has 2 aromatic rings. The molecular formula is C22H29FN3O8PS. The first-order valence-corrected chi connectivity index (χ1v) is 13.1. The summed E-state index contributed by atoms with van der Waals surface area (Å²) >= 11 is 5.10. The zero-order chi connectivity index (χ0) is 26.7. The number of aromatic amines is 1. The second kappa shape index (κ2) is 11.3. The molecule has 0 amide bonds. The Labute approximate surface area is 212 Å². The van der Waals surface area contributed by atoms with Crippen LogP contribution >= 0.6 is 20.0 Å². The van der Waals surface area contributed by atoms with E-state index < -0.39 is 62.1 Å². The Kier molecular flexibility index (Phi) is 8.86. The summed E-state index contributed by atoms with van der Waals surface area (Å²) in [7, 11) is -4.28. The van der Waals surface area contributed by atoms with E-state index in [0.29, 0.717) is 0 Å². The number of nitrogens with zero attached hydrogens (tertiary/aromatic N) is 1. The van der Waals surface area contributed by atoms with Crippen LogP contribution in [-0.2, 0) is 23.4 Å². The second-order valence-corrected chi connectivity index (χ2v) is 10.8. The first-order valence-electron chi connectivity index (χ1n) is 11.1. The largest absolute Gasteiger partial charge is 0.462 e. The molecule has 36 heavy (non-hydrogen) atoms. The summed E-state index contributed by atoms with van der Waals surface area (Å²) < 4.78 is 51.8. The lowest BCUT2D eigenvalue weighted by molar-refractivity contribution is -0.149. The Hall–Kier alpha value is -2.41. The number of carbonyl (C=O) groups excluding carboxylic acids is 1. The monoisotopic (exact) mass is 545 g/mol. The van der Waals surface area contributed by atoms with E-state index in [1.54, 1.807) is 32.0 Å². The predicted octanol–water partition coefficient (Wildman–Crippen LogP) is 3.03. The van der Waals surface area contributed by atoms with Gasteiger partial charge in [0.25, 0.3) is 5.56 Å². The van der Waals surface area contributed by atoms with Gasteiger partial charge in [-0.25, -0.2) is 8.96 Å². The smallest absolute Gasteiger partial charge is 0.459 e. The van der Waals surface area contributed by atoms with E-state index in [2.05, 4.69) is 10.1 Å². The van der Waals surface area contributed by atoms with Crippen LogP contribution in [0.3, 0.4) is 0 Å². The van der Waals surface area contributed by atoms with E-state index in [4.69, 9.17) is 30.7 Å². The first kappa shape index (κ1) is 28.2. The molecule has 1 aromatic carbocycles. The van der Waals surface area contributed by atoms with Gasteiger partial charge >= 0.3 is 13.7 Å². The molecule has 1 aliphatic rings. The standard InChI is InChI=1S/C22H29FN3O8PS/c1-13(2)32-19(28)14(3)25-35(30,34-15-8-6-5-7-9-15)31-12-16-18(23)22(4,29)20(33-16)26-11-10-17(27)24-21(26)36/h5-11,13-14,16,18,20,29H,12H2,1-4H3,(H,25,30)(H,24,27,36). The van der Waals surface area contributed by atoms with Crippen molar-refractivity contribution in [3.05, 3.63) is 57.7 Å². The number of hydrogen-bond acceptors (Lipinski definition) is 9. The lowest BCUT2D eigenvalue weighted by atomic mass is 9.98. The van der Waals surface area contributed by atoms with E-state index in [0.717, 1.165) is 6.07 Å². The molecule has 14 heteroatoms. The molecule has 0 aliphatic carbocycles. The van der Waals surface area contributed by atoms with Gasteiger partial charge in [-0.3, -0.25) is 23.7 Å². The summed E-state index contributed by atoms with van der Waals surface area (Å²) in [5, 5.41) is 13.3. The number of halogens is 1. The number of carbonyl (C=O) groups is 1. The molecular weight excluding hydrogens is 516 g/mol. The zero-order valence-electron chi connectivity index (χ0n) is 20.1. The Morgan fingerprint density at radius 2 is 2.00 bits per heavy atom. The maximum absolute atomic E-state index is 15.2. The average molecular weight is 546 g/mol. The van der Waals surface area contributed by atoms with Gasteiger partial charge in [0.2, 0.25) is 0 Å². The fourth-order valence-electron chi connectivity index (χ4n) is 3.47. The van der Waals surface area contributed by atoms with E-state index in [9.17, 15) is 19.3 Å². The van der Waals surface area contributed by atoms with Crippen LogP contribution in [0.2, 0.25) is 0 Å². The Bertz CT molecular complexity index is 1220. The minimum atomic E-state index is -4.28. The summed E-state index contributed by atoms with van der Waals surface area (Å²) in [6.07, 6.45) is -3.84. The van der Waals surface area contributed by atoms with Crippen LogP contribution < -0.4 is 15.2 Å². The van der Waals surface area contributed by atoms with Crippen molar-refractivity contribution in [1.82, 2.24) is 14.6 Å². The summed E-state index contributed by atoms with van der Waals surface area (Å²) in [5.41, 5.74) is -2.54. The number of aliphatic hydroxyl groups is 1. The molecule has 0 spiro atoms. The Morgan fingerprint density at radius 3 is 2.61 bits per heavy atom. The van der Waals surface area contributed by atoms with Gasteiger partial charge in [0, 0.05) is 12.3 Å². The highest BCUT2D eigenvalue weighted by molar-refractivity contribution is 7.71. The number of esters is 1. The lowest BCUT2D eigenvalue weighted by Crippen LogP contribution is -2.42. The number of rotatable bonds is 10. The van der Waals surface area contributed by atoms with Crippen molar-refractivity contribution in [3.8, 4) is 5.75 Å². The highest BCUT2D eigenvalue weighted by Crippen LogP contribution is 2.47. The number of ether oxygens (including phenoxy) is 2. The Balaban J connectivity index is 1.80. The summed E-state index contributed by atoms with van der Waals surface area (Å²) in [5.74, 6) is -0.521. The summed E-state index contributed by atoms with van der Waals surface area (Å²) in [6.45, 7) is 5.33. The number of aromatic nitrogens is 2. The number of nitrogens with one attached hydrogen (secondary N) is 2. The molecule has 0 radical (unpaired) electrons. The third kappa shape index (κ3) is 6.67. The average Bonchev–Trinajstić information content (AvgIpc) is 3.01. The third-order valence-corrected chi connectivity index (χ3v) is 7.18. The van der Waals surface area contributed by atoms with Crippen molar-refractivity contribution in [2.75, 3.05) is 6.61 Å². The first-order chi connectivity index (χ1) is 16.8. The number of H-pyrrole nitrogens is 1. The van der Waals surface area contributed by atoms with Crippen LogP contribution in [0.4, 0.5) is 4.39 Å². The van der Waals surface area contributed by atoms with Crippen molar-refractivity contribution in [1.29, 1.82) is 0 Å². The summed E-state index contributed by atoms with van der Waals surface area (Å²) in [6, 6.07) is 8.11. The molecule has 0 bridgehead atoms. The molecule has 1 aromatic heterocycles. The third-order valence-electron chi connectivity index (χ3n) is 5.23. The van der Waals surface area contributed by atoms with Crippen LogP contribution in [0.5, 0.6) is 5.75 Å². The SMILES string of the molecule is CC(C)OC(=O)C(C)NP(=O)(OCC1OC(n2ccc(=O)[nH]c2=S)C(C)(O)C1F)Oc1ccccc1. The van der Waals surface area contributed by atoms with Crippen molar-refractivity contribution in [2.45, 2.75) is 63.9 Å². The van der Waals surface area contributed by atoms with Crippen molar-refractivity contribution in [3.63, 3.8) is 0 Å². The molecule has 1 fully saturated rings. The van der Waals surface area contributed by atoms with Crippen molar-refractivity contribution in [2.24, 2.45) is 0 Å². The topological polar surface area (TPSA) is 141 Å². The normalized spacial score (nSPS) is 26.4. The maximum atomic E-state index is 15.2. The molecule has 3 N–H and O–H groups in total. The van der Waals surface area contributed by atoms with E-state index in [1.807, 2.05) is 0 Å². The fourth-order valence-corrected chi connectivity index (χ4v) is 5.23. The second-order valence-electron chi connectivity index (χ2n) is 8.71. The van der Waals surface area contributed by atoms with Gasteiger partial charge in [-0.15, -0.1) is 0 Å². The highest BCUT2D eigenvalue weighted by atomic mass is 32.1. The van der Waals surface area contributed by atoms with Gasteiger partial charge in [0.1, 0.15) is 23.5 Å². The molecule has 3 rings (SSSR count). The van der Waals surface area contributed by atoms with Crippen LogP contribution in [0, 0.1) is 4.77 Å². The van der Waals surface area contributed by atoms with Crippen molar-refractivity contribution >= 4 is 25.9 Å². The maximum Gasteiger partial charge on any atom is 0.459 e. The van der Waals surface area contributed by atoms with Gasteiger partial charge < -0.3 is 19.1 Å². The van der Waals surface area contributed by atoms with Crippen LogP contribution in [0.25, 0.3) is 0 Å². The fraction of sp³-hybridized carbons (Fsp3) is 0.500. The highest BCUT2D eigenvalue weighted by Gasteiger charge is 2.55. The number of para-hydroxylation sites is 1. The van der Waals surface area contributed by atoms with Gasteiger partial charge in [0.05, 0.1) is 12.7 Å². The number of benzene rings is 1. The Morgan fingerprint density at radius 1 is 1.33 bits per heavy atom. The predicted molar refractivity (Wildman–Crippen MR) is 130 cm³/mol. The molecule has 1 saturated heterocycles. The minimum absolute atomic E-state index is 0.0845. The number of hydrogen-bond donors (Lipinski definition) is 3. The minimum Gasteiger partial charge on any atom is -0.462 e. The number of alkyl halides is 1. The van der Waals surface area contributed by atoms with E-state index >= 15 is 4.39 Å². The van der Waals surface area contributed by atoms with Crippen LogP contribution in [0.1, 0.15) is 33.9 Å². The lowest BCUT2D eigenvalue weighted by Gasteiger charge is -2.27. The van der Waals surface area contributed by atoms with Crippen LogP contribution in [-0.4, -0.2) is 57.3 Å². The van der Waals surface area contributed by atoms with Gasteiger partial charge in [-0.05, 0) is 52.0 Å². The molecule has 0 saturated carbocycles. The molecule has 6 atom stereocenters. The molecule has 198 valence electrons. The van der Waals surface area contributed by atoms with Crippen molar-refractivity contribution < 1.29 is 37.4 Å². The van der Waals surface area contributed by atoms with Gasteiger partial charge in [0.15, 0.2) is 17.2 Å². The summed E-state index contributed by atoms with van der Waals surface area (Å²) in [4.78, 5) is 26.1. The zero-order valence-corrected chi connectivity index (χ0v) is 21.8.